The summed E-state index contributed by atoms with van der Waals surface area (Å²) in [4.78, 5) is 0.742. The van der Waals surface area contributed by atoms with Gasteiger partial charge < -0.3 is 0 Å². The van der Waals surface area contributed by atoms with Crippen LogP contribution in [0.3, 0.4) is 0 Å². The molecule has 0 atom stereocenters. The molecule has 1 heterocycles. The molecule has 0 aliphatic heterocycles. The zero-order valence-corrected chi connectivity index (χ0v) is 9.23. The lowest BCUT2D eigenvalue weighted by Crippen LogP contribution is -1.91. The van der Waals surface area contributed by atoms with Gasteiger partial charge in [0.05, 0.1) is 5.75 Å². The topological polar surface area (TPSA) is 34.1 Å². The van der Waals surface area contributed by atoms with Crippen LogP contribution >= 0.6 is 37.9 Å². The summed E-state index contributed by atoms with van der Waals surface area (Å²) < 4.78 is 22.0. The van der Waals surface area contributed by atoms with E-state index in [2.05, 4.69) is 15.9 Å². The first-order chi connectivity index (χ1) is 4.97. The molecule has 0 amide bonds. The highest BCUT2D eigenvalue weighted by molar-refractivity contribution is 9.10. The Labute approximate surface area is 81.7 Å². The van der Waals surface area contributed by atoms with E-state index in [1.807, 2.05) is 5.38 Å². The van der Waals surface area contributed by atoms with E-state index in [9.17, 15) is 8.42 Å². The van der Waals surface area contributed by atoms with E-state index in [4.69, 9.17) is 10.7 Å². The highest BCUT2D eigenvalue weighted by Crippen LogP contribution is 2.22. The Morgan fingerprint density at radius 2 is 2.27 bits per heavy atom. The van der Waals surface area contributed by atoms with E-state index in [0.717, 1.165) is 9.35 Å². The predicted molar refractivity (Wildman–Crippen MR) is 50.5 cm³/mol. The predicted octanol–water partition coefficient (Wildman–Crippen LogP) is 2.58. The van der Waals surface area contributed by atoms with Crippen molar-refractivity contribution in [3.8, 4) is 0 Å². The molecule has 1 rings (SSSR count). The fraction of sp³-hybridized carbons (Fsp3) is 0.200. The summed E-state index contributed by atoms with van der Waals surface area (Å²) in [5.41, 5.74) is 0. The number of rotatable bonds is 2. The van der Waals surface area contributed by atoms with E-state index in [0.29, 0.717) is 0 Å². The first kappa shape index (κ1) is 9.51. The van der Waals surface area contributed by atoms with Crippen molar-refractivity contribution in [2.24, 2.45) is 0 Å². The smallest absolute Gasteiger partial charge is 0.212 e. The Hall–Kier alpha value is 0.420. The van der Waals surface area contributed by atoms with Crippen LogP contribution in [0, 0.1) is 0 Å². The monoisotopic (exact) mass is 274 g/mol. The van der Waals surface area contributed by atoms with Gasteiger partial charge in [-0.2, -0.15) is 0 Å². The Kier molecular flexibility index (Phi) is 2.96. The van der Waals surface area contributed by atoms with Crippen LogP contribution in [0.2, 0.25) is 0 Å². The van der Waals surface area contributed by atoms with Crippen LogP contribution in [-0.4, -0.2) is 8.42 Å². The average Bonchev–Trinajstić information content (AvgIpc) is 2.10. The van der Waals surface area contributed by atoms with Crippen molar-refractivity contribution in [2.75, 3.05) is 0 Å². The molecule has 0 N–H and O–H groups in total. The summed E-state index contributed by atoms with van der Waals surface area (Å²) in [5, 5.41) is 1.82. The quantitative estimate of drug-likeness (QED) is 0.778. The van der Waals surface area contributed by atoms with E-state index in [1.54, 1.807) is 6.07 Å². The van der Waals surface area contributed by atoms with Crippen LogP contribution in [0.5, 0.6) is 0 Å². The Morgan fingerprint density at radius 3 is 2.64 bits per heavy atom. The molecule has 11 heavy (non-hydrogen) atoms. The maximum absolute atomic E-state index is 10.6. The molecule has 0 radical (unpaired) electrons. The SMILES string of the molecule is O=S(=O)(Cl)Cc1cc(Br)cs1. The van der Waals surface area contributed by atoms with Gasteiger partial charge in [-0.1, -0.05) is 0 Å². The molecule has 1 aromatic heterocycles. The summed E-state index contributed by atoms with van der Waals surface area (Å²) in [7, 11) is 1.64. The third kappa shape index (κ3) is 3.55. The van der Waals surface area contributed by atoms with Crippen LogP contribution in [0.4, 0.5) is 0 Å². The fourth-order valence-corrected chi connectivity index (χ4v) is 3.54. The zero-order chi connectivity index (χ0) is 8.48. The van der Waals surface area contributed by atoms with Gasteiger partial charge in [0.1, 0.15) is 0 Å². The first-order valence-corrected chi connectivity index (χ1v) is 6.78. The van der Waals surface area contributed by atoms with Crippen LogP contribution in [0.15, 0.2) is 15.9 Å². The van der Waals surface area contributed by atoms with Crippen LogP contribution in [0.25, 0.3) is 0 Å². The normalized spacial score (nSPS) is 11.8. The average molecular weight is 276 g/mol. The molecule has 2 nitrogen and oxygen atoms in total. The van der Waals surface area contributed by atoms with E-state index < -0.39 is 9.05 Å². The van der Waals surface area contributed by atoms with Gasteiger partial charge in [0.15, 0.2) is 0 Å². The Balaban J connectivity index is 2.81. The lowest BCUT2D eigenvalue weighted by Gasteiger charge is -1.88. The van der Waals surface area contributed by atoms with Crippen molar-refractivity contribution >= 4 is 47.0 Å². The first-order valence-electron chi connectivity index (χ1n) is 2.62. The lowest BCUT2D eigenvalue weighted by molar-refractivity contribution is 0.609. The van der Waals surface area contributed by atoms with Crippen molar-refractivity contribution in [3.63, 3.8) is 0 Å². The van der Waals surface area contributed by atoms with Crippen LogP contribution in [-0.2, 0) is 14.8 Å². The zero-order valence-electron chi connectivity index (χ0n) is 5.25. The van der Waals surface area contributed by atoms with E-state index in [1.165, 1.54) is 11.3 Å². The minimum atomic E-state index is -3.40. The van der Waals surface area contributed by atoms with Crippen molar-refractivity contribution in [2.45, 2.75) is 5.75 Å². The van der Waals surface area contributed by atoms with Crippen molar-refractivity contribution in [1.29, 1.82) is 0 Å². The van der Waals surface area contributed by atoms with Gasteiger partial charge in [0.2, 0.25) is 9.05 Å². The maximum atomic E-state index is 10.6. The third-order valence-electron chi connectivity index (χ3n) is 0.936. The summed E-state index contributed by atoms with van der Waals surface area (Å²) in [6, 6.07) is 1.74. The lowest BCUT2D eigenvalue weighted by atomic mass is 10.5. The second-order valence-corrected chi connectivity index (χ2v) is 6.60. The molecule has 0 saturated heterocycles. The van der Waals surface area contributed by atoms with Gasteiger partial charge >= 0.3 is 0 Å². The van der Waals surface area contributed by atoms with Crippen molar-refractivity contribution in [1.82, 2.24) is 0 Å². The molecule has 0 fully saturated rings. The van der Waals surface area contributed by atoms with E-state index >= 15 is 0 Å². The molecule has 6 heteroatoms. The molecular weight excluding hydrogens is 272 g/mol. The molecule has 0 aromatic carbocycles. The van der Waals surface area contributed by atoms with Crippen molar-refractivity contribution in [3.05, 3.63) is 20.8 Å². The standard InChI is InChI=1S/C5H4BrClO2S2/c6-4-1-5(10-2-4)3-11(7,8)9/h1-2H,3H2. The summed E-state index contributed by atoms with van der Waals surface area (Å²) in [6.45, 7) is 0. The van der Waals surface area contributed by atoms with Crippen LogP contribution in [0.1, 0.15) is 4.88 Å². The highest BCUT2D eigenvalue weighted by atomic mass is 79.9. The minimum absolute atomic E-state index is 0.0924. The molecule has 1 aromatic rings. The van der Waals surface area contributed by atoms with Gasteiger partial charge in [-0.15, -0.1) is 11.3 Å². The fourth-order valence-electron chi connectivity index (χ4n) is 0.599. The van der Waals surface area contributed by atoms with Crippen LogP contribution < -0.4 is 0 Å². The molecule has 62 valence electrons. The largest absolute Gasteiger partial charge is 0.237 e. The maximum Gasteiger partial charge on any atom is 0.237 e. The number of hydrogen-bond acceptors (Lipinski definition) is 3. The summed E-state index contributed by atoms with van der Waals surface area (Å²) in [5.74, 6) is -0.0924. The summed E-state index contributed by atoms with van der Waals surface area (Å²) in [6.07, 6.45) is 0. The third-order valence-corrected chi connectivity index (χ3v) is 3.80. The Bertz CT molecular complexity index is 343. The number of hydrogen-bond donors (Lipinski definition) is 0. The van der Waals surface area contributed by atoms with Gasteiger partial charge in [-0.3, -0.25) is 0 Å². The molecule has 0 unspecified atom stereocenters. The molecule has 0 bridgehead atoms. The molecular formula is C5H4BrClO2S2. The van der Waals surface area contributed by atoms with Gasteiger partial charge in [0.25, 0.3) is 0 Å². The Morgan fingerprint density at radius 1 is 1.64 bits per heavy atom. The summed E-state index contributed by atoms with van der Waals surface area (Å²) >= 11 is 4.58. The number of halogens is 2. The minimum Gasteiger partial charge on any atom is -0.212 e. The molecule has 0 aliphatic rings. The van der Waals surface area contributed by atoms with Gasteiger partial charge in [-0.05, 0) is 22.0 Å². The highest BCUT2D eigenvalue weighted by Gasteiger charge is 2.08. The van der Waals surface area contributed by atoms with Gasteiger partial charge in [-0.25, -0.2) is 8.42 Å². The second-order valence-electron chi connectivity index (χ2n) is 1.91. The van der Waals surface area contributed by atoms with Gasteiger partial charge in [0, 0.05) is 25.4 Å². The molecule has 0 spiro atoms. The number of thiophene rings is 1. The second kappa shape index (κ2) is 3.43. The molecule has 0 aliphatic carbocycles. The van der Waals surface area contributed by atoms with E-state index in [-0.39, 0.29) is 5.75 Å². The molecule has 0 saturated carbocycles. The van der Waals surface area contributed by atoms with Crippen molar-refractivity contribution < 1.29 is 8.42 Å².